The average molecular weight is 374 g/mol. The zero-order chi connectivity index (χ0) is 18.5. The van der Waals surface area contributed by atoms with Crippen LogP contribution in [0.2, 0.25) is 0 Å². The van der Waals surface area contributed by atoms with Crippen LogP contribution in [0, 0.1) is 10.1 Å². The fraction of sp³-hybridized carbons (Fsp3) is 0.474. The van der Waals surface area contributed by atoms with Gasteiger partial charge in [-0.25, -0.2) is 0 Å². The molecule has 1 N–H and O–H groups in total. The first kappa shape index (κ1) is 17.5. The van der Waals surface area contributed by atoms with Crippen LogP contribution in [0.5, 0.6) is 0 Å². The lowest BCUT2D eigenvalue weighted by molar-refractivity contribution is -0.380. The van der Waals surface area contributed by atoms with E-state index in [1.54, 1.807) is 6.07 Å². The van der Waals surface area contributed by atoms with Gasteiger partial charge in [-0.1, -0.05) is 44.2 Å². The van der Waals surface area contributed by atoms with Crippen LogP contribution in [0.1, 0.15) is 49.6 Å². The molecule has 1 aromatic carbocycles. The molecule has 1 aromatic heterocycles. The normalized spacial score (nSPS) is 25.1. The molecular weight excluding hydrogens is 352 g/mol. The van der Waals surface area contributed by atoms with E-state index >= 15 is 0 Å². The molecular formula is C19H22N2O4S. The standard InChI is InChI=1S/C19H22N2O4S/c1-19(2,3)12-4-5-14-13(9-12)17-18(25-7-6-24-17)16(20-14)11-8-15(21(22)23)26-10-11/h4-5,8-10,16-18,20H,6-7H2,1-3H3. The molecule has 3 unspecified atom stereocenters. The number of nitrogens with one attached hydrogen (secondary N) is 1. The molecule has 2 aliphatic rings. The first-order valence-corrected chi connectivity index (χ1v) is 9.59. The van der Waals surface area contributed by atoms with E-state index < -0.39 is 0 Å². The van der Waals surface area contributed by atoms with E-state index in [0.717, 1.165) is 28.2 Å². The molecule has 0 aliphatic carbocycles. The van der Waals surface area contributed by atoms with Crippen LogP contribution in [0.3, 0.4) is 0 Å². The molecule has 6 nitrogen and oxygen atoms in total. The van der Waals surface area contributed by atoms with Crippen LogP contribution < -0.4 is 5.32 Å². The number of hydrogen-bond donors (Lipinski definition) is 1. The second-order valence-electron chi connectivity index (χ2n) is 7.78. The van der Waals surface area contributed by atoms with Gasteiger partial charge in [0, 0.05) is 22.7 Å². The van der Waals surface area contributed by atoms with Crippen molar-refractivity contribution in [1.29, 1.82) is 0 Å². The van der Waals surface area contributed by atoms with Crippen molar-refractivity contribution in [3.05, 3.63) is 56.5 Å². The minimum Gasteiger partial charge on any atom is -0.375 e. The van der Waals surface area contributed by atoms with E-state index in [2.05, 4.69) is 44.3 Å². The van der Waals surface area contributed by atoms with Gasteiger partial charge in [0.25, 0.3) is 0 Å². The number of ether oxygens (including phenoxy) is 2. The highest BCUT2D eigenvalue weighted by molar-refractivity contribution is 7.13. The van der Waals surface area contributed by atoms with Crippen LogP contribution in [0.4, 0.5) is 10.7 Å². The predicted molar refractivity (Wildman–Crippen MR) is 101 cm³/mol. The van der Waals surface area contributed by atoms with Crippen LogP contribution in [0.15, 0.2) is 29.6 Å². The fourth-order valence-electron chi connectivity index (χ4n) is 3.60. The van der Waals surface area contributed by atoms with E-state index in [9.17, 15) is 10.1 Å². The number of fused-ring (bicyclic) bond motifs is 3. The van der Waals surface area contributed by atoms with E-state index in [0.29, 0.717) is 13.2 Å². The maximum absolute atomic E-state index is 11.0. The molecule has 0 saturated carbocycles. The topological polar surface area (TPSA) is 73.6 Å². The number of hydrogen-bond acceptors (Lipinski definition) is 6. The summed E-state index contributed by atoms with van der Waals surface area (Å²) >= 11 is 1.14. The Bertz CT molecular complexity index is 842. The van der Waals surface area contributed by atoms with Crippen molar-refractivity contribution in [2.24, 2.45) is 0 Å². The Balaban J connectivity index is 1.75. The summed E-state index contributed by atoms with van der Waals surface area (Å²) in [4.78, 5) is 10.7. The van der Waals surface area contributed by atoms with Crippen molar-refractivity contribution in [1.82, 2.24) is 0 Å². The van der Waals surface area contributed by atoms with Gasteiger partial charge in [-0.15, -0.1) is 0 Å². The van der Waals surface area contributed by atoms with Gasteiger partial charge in [-0.05, 0) is 22.6 Å². The number of nitrogens with zero attached hydrogens (tertiary/aromatic N) is 1. The molecule has 138 valence electrons. The Morgan fingerprint density at radius 1 is 1.23 bits per heavy atom. The van der Waals surface area contributed by atoms with Gasteiger partial charge >= 0.3 is 5.00 Å². The largest absolute Gasteiger partial charge is 0.375 e. The minimum absolute atomic E-state index is 0.0465. The summed E-state index contributed by atoms with van der Waals surface area (Å²) in [5.41, 5.74) is 4.26. The number of nitro groups is 1. The lowest BCUT2D eigenvalue weighted by atomic mass is 9.82. The van der Waals surface area contributed by atoms with E-state index in [4.69, 9.17) is 9.47 Å². The first-order valence-electron chi connectivity index (χ1n) is 8.71. The lowest BCUT2D eigenvalue weighted by Gasteiger charge is -2.43. The van der Waals surface area contributed by atoms with Crippen molar-refractivity contribution >= 4 is 22.0 Å². The van der Waals surface area contributed by atoms with Crippen LogP contribution in [-0.4, -0.2) is 24.2 Å². The maximum atomic E-state index is 11.0. The summed E-state index contributed by atoms with van der Waals surface area (Å²) in [6.45, 7) is 7.65. The maximum Gasteiger partial charge on any atom is 0.324 e. The molecule has 1 fully saturated rings. The van der Waals surface area contributed by atoms with E-state index in [1.807, 2.05) is 5.38 Å². The fourth-order valence-corrected chi connectivity index (χ4v) is 4.36. The van der Waals surface area contributed by atoms with E-state index in [-0.39, 0.29) is 33.6 Å². The van der Waals surface area contributed by atoms with E-state index in [1.165, 1.54) is 5.56 Å². The SMILES string of the molecule is CC(C)(C)c1ccc2c(c1)C1OCCOC1C(c1csc([N+](=O)[O-])c1)N2. The molecule has 7 heteroatoms. The average Bonchev–Trinajstić information content (AvgIpc) is 3.10. The second-order valence-corrected chi connectivity index (χ2v) is 8.67. The van der Waals surface area contributed by atoms with Crippen molar-refractivity contribution < 1.29 is 14.4 Å². The highest BCUT2D eigenvalue weighted by Crippen LogP contribution is 2.46. The first-order chi connectivity index (χ1) is 12.3. The summed E-state index contributed by atoms with van der Waals surface area (Å²) in [6, 6.07) is 7.87. The number of rotatable bonds is 2. The Kier molecular flexibility index (Phi) is 4.25. The van der Waals surface area contributed by atoms with Crippen molar-refractivity contribution in [2.45, 2.75) is 44.4 Å². The van der Waals surface area contributed by atoms with Crippen LogP contribution in [-0.2, 0) is 14.9 Å². The van der Waals surface area contributed by atoms with Crippen LogP contribution in [0.25, 0.3) is 0 Å². The third kappa shape index (κ3) is 3.00. The predicted octanol–water partition coefficient (Wildman–Crippen LogP) is 4.58. The Morgan fingerprint density at radius 3 is 2.69 bits per heavy atom. The zero-order valence-electron chi connectivity index (χ0n) is 15.0. The molecule has 0 spiro atoms. The highest BCUT2D eigenvalue weighted by Gasteiger charge is 2.42. The molecule has 26 heavy (non-hydrogen) atoms. The third-order valence-corrected chi connectivity index (χ3v) is 5.90. The van der Waals surface area contributed by atoms with Gasteiger partial charge in [-0.3, -0.25) is 10.1 Å². The number of anilines is 1. The molecule has 0 radical (unpaired) electrons. The molecule has 3 heterocycles. The van der Waals surface area contributed by atoms with Crippen molar-refractivity contribution in [2.75, 3.05) is 18.5 Å². The molecule has 0 amide bonds. The molecule has 2 aliphatic heterocycles. The van der Waals surface area contributed by atoms with Gasteiger partial charge in [0.2, 0.25) is 0 Å². The zero-order valence-corrected chi connectivity index (χ0v) is 15.8. The minimum atomic E-state index is -0.351. The summed E-state index contributed by atoms with van der Waals surface area (Å²) in [5.74, 6) is 0. The van der Waals surface area contributed by atoms with Gasteiger partial charge < -0.3 is 14.8 Å². The van der Waals surface area contributed by atoms with Gasteiger partial charge in [0.15, 0.2) is 0 Å². The molecule has 3 atom stereocenters. The third-order valence-electron chi connectivity index (χ3n) is 5.00. The van der Waals surface area contributed by atoms with Crippen molar-refractivity contribution in [3.63, 3.8) is 0 Å². The molecule has 1 saturated heterocycles. The molecule has 2 aromatic rings. The quantitative estimate of drug-likeness (QED) is 0.615. The number of thiophene rings is 1. The smallest absolute Gasteiger partial charge is 0.324 e. The van der Waals surface area contributed by atoms with Crippen molar-refractivity contribution in [3.8, 4) is 0 Å². The monoisotopic (exact) mass is 374 g/mol. The lowest BCUT2D eigenvalue weighted by Crippen LogP contribution is -2.43. The summed E-state index contributed by atoms with van der Waals surface area (Å²) in [7, 11) is 0. The Morgan fingerprint density at radius 2 is 2.00 bits per heavy atom. The summed E-state index contributed by atoms with van der Waals surface area (Å²) in [6.07, 6.45) is -0.382. The summed E-state index contributed by atoms with van der Waals surface area (Å²) < 4.78 is 12.1. The summed E-state index contributed by atoms with van der Waals surface area (Å²) in [5, 5.41) is 16.5. The van der Waals surface area contributed by atoms with Gasteiger partial charge in [-0.2, -0.15) is 0 Å². The highest BCUT2D eigenvalue weighted by atomic mass is 32.1. The Hall–Kier alpha value is -1.96. The van der Waals surface area contributed by atoms with Crippen LogP contribution >= 0.6 is 11.3 Å². The second kappa shape index (κ2) is 6.33. The molecule has 0 bridgehead atoms. The van der Waals surface area contributed by atoms with Gasteiger partial charge in [0.05, 0.1) is 24.2 Å². The van der Waals surface area contributed by atoms with Gasteiger partial charge in [0.1, 0.15) is 12.2 Å². The molecule has 4 rings (SSSR count). The Labute approximate surface area is 156 Å². The number of benzene rings is 1.